The zero-order valence-electron chi connectivity index (χ0n) is 21.2. The van der Waals surface area contributed by atoms with Crippen molar-refractivity contribution in [1.82, 2.24) is 9.88 Å². The zero-order valence-corrected chi connectivity index (χ0v) is 21.2. The van der Waals surface area contributed by atoms with Gasteiger partial charge in [0.25, 0.3) is 0 Å². The van der Waals surface area contributed by atoms with Gasteiger partial charge in [0.1, 0.15) is 19.3 Å². The van der Waals surface area contributed by atoms with Crippen LogP contribution in [0.4, 0.5) is 5.69 Å². The van der Waals surface area contributed by atoms with Gasteiger partial charge in [-0.3, -0.25) is 0 Å². The summed E-state index contributed by atoms with van der Waals surface area (Å²) < 4.78 is 16.8. The van der Waals surface area contributed by atoms with Gasteiger partial charge in [-0.15, -0.1) is 0 Å². The van der Waals surface area contributed by atoms with Gasteiger partial charge in [0.2, 0.25) is 5.88 Å². The lowest BCUT2D eigenvalue weighted by Crippen LogP contribution is -2.20. The Morgan fingerprint density at radius 2 is 1.63 bits per heavy atom. The summed E-state index contributed by atoms with van der Waals surface area (Å²) in [6.45, 7) is 7.50. The molecular weight excluding hydrogens is 442 g/mol. The number of hydrogen-bond acceptors (Lipinski definition) is 7. The van der Waals surface area contributed by atoms with Crippen LogP contribution in [-0.2, 0) is 6.42 Å². The quantitative estimate of drug-likeness (QED) is 0.629. The Morgan fingerprint density at radius 3 is 2.37 bits per heavy atom. The molecule has 0 radical (unpaired) electrons. The van der Waals surface area contributed by atoms with Crippen LogP contribution in [0.25, 0.3) is 0 Å². The molecule has 1 aromatic carbocycles. The van der Waals surface area contributed by atoms with Crippen molar-refractivity contribution in [2.45, 2.75) is 57.5 Å². The van der Waals surface area contributed by atoms with Gasteiger partial charge in [-0.05, 0) is 94.8 Å². The van der Waals surface area contributed by atoms with Crippen LogP contribution in [0.15, 0.2) is 36.5 Å². The van der Waals surface area contributed by atoms with Crippen molar-refractivity contribution < 1.29 is 19.3 Å². The largest absolute Gasteiger partial charge is 0.486 e. The number of aliphatic hydroxyl groups is 1. The molecule has 4 aliphatic rings. The molecule has 3 fully saturated rings. The van der Waals surface area contributed by atoms with Crippen molar-refractivity contribution in [3.8, 4) is 17.4 Å². The van der Waals surface area contributed by atoms with Gasteiger partial charge in [0, 0.05) is 38.1 Å². The molecule has 0 unspecified atom stereocenters. The summed E-state index contributed by atoms with van der Waals surface area (Å²) in [5, 5.41) is 7.00. The average Bonchev–Trinajstić information content (AvgIpc) is 3.34. The second-order valence-corrected chi connectivity index (χ2v) is 9.49. The lowest BCUT2D eigenvalue weighted by atomic mass is 10.1. The molecule has 0 amide bonds. The molecule has 1 aliphatic carbocycles. The molecule has 1 saturated carbocycles. The van der Waals surface area contributed by atoms with Crippen molar-refractivity contribution in [2.24, 2.45) is 0 Å². The van der Waals surface area contributed by atoms with E-state index in [2.05, 4.69) is 39.0 Å². The number of ether oxygens (including phenoxy) is 3. The highest BCUT2D eigenvalue weighted by Crippen LogP contribution is 2.31. The molecule has 7 nitrogen and oxygen atoms in total. The molecule has 2 aromatic rings. The normalized spacial score (nSPS) is 18.9. The fourth-order valence-corrected chi connectivity index (χ4v) is 4.75. The SMILES string of the molecule is CO.c1cc(N2CCCC2)cc(OC2CC2)n1.c1cc2c(cc1CCCN1CCCC1)OCCO2. The van der Waals surface area contributed by atoms with Crippen LogP contribution in [0, 0.1) is 0 Å². The number of benzene rings is 1. The molecule has 6 rings (SSSR count). The lowest BCUT2D eigenvalue weighted by Gasteiger charge is -2.19. The lowest BCUT2D eigenvalue weighted by molar-refractivity contribution is 0.171. The summed E-state index contributed by atoms with van der Waals surface area (Å²) >= 11 is 0. The van der Waals surface area contributed by atoms with Gasteiger partial charge in [-0.2, -0.15) is 0 Å². The van der Waals surface area contributed by atoms with Gasteiger partial charge in [0.15, 0.2) is 11.5 Å². The van der Waals surface area contributed by atoms with Crippen molar-refractivity contribution in [1.29, 1.82) is 0 Å². The Kier molecular flexibility index (Phi) is 9.90. The molecule has 1 aromatic heterocycles. The van der Waals surface area contributed by atoms with E-state index in [0.29, 0.717) is 19.3 Å². The van der Waals surface area contributed by atoms with Crippen LogP contribution in [0.2, 0.25) is 0 Å². The Hall–Kier alpha value is -2.51. The number of rotatable bonds is 7. The number of pyridine rings is 1. The fourth-order valence-electron chi connectivity index (χ4n) is 4.75. The third-order valence-corrected chi connectivity index (χ3v) is 6.75. The van der Waals surface area contributed by atoms with Crippen LogP contribution in [-0.4, -0.2) is 74.1 Å². The van der Waals surface area contributed by atoms with Gasteiger partial charge in [-0.25, -0.2) is 4.98 Å². The summed E-state index contributed by atoms with van der Waals surface area (Å²) in [7, 11) is 1.00. The molecule has 2 saturated heterocycles. The maximum Gasteiger partial charge on any atom is 0.215 e. The highest BCUT2D eigenvalue weighted by Gasteiger charge is 2.24. The van der Waals surface area contributed by atoms with E-state index in [-0.39, 0.29) is 0 Å². The molecule has 0 bridgehead atoms. The second kappa shape index (κ2) is 13.5. The van der Waals surface area contributed by atoms with Crippen molar-refractivity contribution in [2.75, 3.05) is 57.9 Å². The zero-order chi connectivity index (χ0) is 24.3. The first-order valence-electron chi connectivity index (χ1n) is 13.3. The van der Waals surface area contributed by atoms with Crippen molar-refractivity contribution in [3.63, 3.8) is 0 Å². The maximum atomic E-state index is 7.00. The second-order valence-electron chi connectivity index (χ2n) is 9.49. The van der Waals surface area contributed by atoms with Gasteiger partial charge in [-0.1, -0.05) is 6.07 Å². The Labute approximate surface area is 210 Å². The third-order valence-electron chi connectivity index (χ3n) is 6.75. The van der Waals surface area contributed by atoms with E-state index in [9.17, 15) is 0 Å². The van der Waals surface area contributed by atoms with Crippen LogP contribution in [0.5, 0.6) is 17.4 Å². The molecule has 3 aliphatic heterocycles. The first-order chi connectivity index (χ1) is 17.3. The monoisotopic (exact) mass is 483 g/mol. The number of hydrogen-bond donors (Lipinski definition) is 1. The fraction of sp³-hybridized carbons (Fsp3) is 0.607. The number of nitrogens with zero attached hydrogens (tertiary/aromatic N) is 3. The van der Waals surface area contributed by atoms with Crippen LogP contribution in [0.3, 0.4) is 0 Å². The van der Waals surface area contributed by atoms with E-state index in [1.54, 1.807) is 0 Å². The highest BCUT2D eigenvalue weighted by molar-refractivity contribution is 5.48. The molecule has 0 atom stereocenters. The average molecular weight is 484 g/mol. The van der Waals surface area contributed by atoms with E-state index in [0.717, 1.165) is 30.9 Å². The van der Waals surface area contributed by atoms with Gasteiger partial charge >= 0.3 is 0 Å². The van der Waals surface area contributed by atoms with E-state index in [4.69, 9.17) is 19.3 Å². The van der Waals surface area contributed by atoms with Crippen LogP contribution in [0.1, 0.15) is 50.5 Å². The first-order valence-corrected chi connectivity index (χ1v) is 13.3. The van der Waals surface area contributed by atoms with E-state index >= 15 is 0 Å². The number of aliphatic hydroxyl groups excluding tert-OH is 1. The van der Waals surface area contributed by atoms with Crippen molar-refractivity contribution in [3.05, 3.63) is 42.1 Å². The molecule has 35 heavy (non-hydrogen) atoms. The third kappa shape index (κ3) is 8.00. The molecule has 7 heteroatoms. The Bertz CT molecular complexity index is 894. The number of anilines is 1. The minimum Gasteiger partial charge on any atom is -0.486 e. The highest BCUT2D eigenvalue weighted by atomic mass is 16.6. The summed E-state index contributed by atoms with van der Waals surface area (Å²) in [5.74, 6) is 2.60. The van der Waals surface area contributed by atoms with Gasteiger partial charge in [0.05, 0.1) is 0 Å². The van der Waals surface area contributed by atoms with E-state index in [1.165, 1.54) is 88.9 Å². The topological polar surface area (TPSA) is 67.3 Å². The summed E-state index contributed by atoms with van der Waals surface area (Å²) in [5.41, 5.74) is 2.62. The molecule has 1 N–H and O–H groups in total. The summed E-state index contributed by atoms with van der Waals surface area (Å²) in [6.07, 6.45) is 12.4. The standard InChI is InChI=1S/C15H21NO2.C12H16N2O.CH4O/c1-2-8-16(7-1)9-3-4-13-5-6-14-15(12-13)18-11-10-17-14;1-2-8-14(7-1)10-5-6-13-12(9-10)15-11-3-4-11;1-2/h5-6,12H,1-4,7-11H2;5-6,9,11H,1-4,7-8H2;2H,1H3. The predicted octanol–water partition coefficient (Wildman–Crippen LogP) is 4.32. The smallest absolute Gasteiger partial charge is 0.215 e. The molecule has 0 spiro atoms. The minimum absolute atomic E-state index is 0.436. The van der Waals surface area contributed by atoms with Crippen LogP contribution < -0.4 is 19.1 Å². The predicted molar refractivity (Wildman–Crippen MR) is 139 cm³/mol. The Balaban J connectivity index is 0.000000156. The first kappa shape index (κ1) is 25.6. The summed E-state index contributed by atoms with van der Waals surface area (Å²) in [4.78, 5) is 9.21. The van der Waals surface area contributed by atoms with E-state index < -0.39 is 0 Å². The molecule has 192 valence electrons. The number of aromatic nitrogens is 1. The van der Waals surface area contributed by atoms with E-state index in [1.807, 2.05) is 12.3 Å². The number of likely N-dealkylation sites (tertiary alicyclic amines) is 1. The van der Waals surface area contributed by atoms with Gasteiger partial charge < -0.3 is 29.1 Å². The van der Waals surface area contributed by atoms with Crippen LogP contribution >= 0.6 is 0 Å². The molecular formula is C28H41N3O4. The number of fused-ring (bicyclic) bond motifs is 1. The van der Waals surface area contributed by atoms with Crippen molar-refractivity contribution >= 4 is 5.69 Å². The minimum atomic E-state index is 0.436. The number of aryl methyl sites for hydroxylation is 1. The summed E-state index contributed by atoms with van der Waals surface area (Å²) in [6, 6.07) is 10.5. The Morgan fingerprint density at radius 1 is 0.914 bits per heavy atom. The maximum absolute atomic E-state index is 7.00. The molecule has 4 heterocycles.